The van der Waals surface area contributed by atoms with Crippen molar-refractivity contribution in [2.45, 2.75) is 13.5 Å². The van der Waals surface area contributed by atoms with Crippen molar-refractivity contribution in [3.05, 3.63) is 71.3 Å². The van der Waals surface area contributed by atoms with Gasteiger partial charge in [0, 0.05) is 5.56 Å². The first-order valence-corrected chi connectivity index (χ1v) is 7.06. The highest BCUT2D eigenvalue weighted by molar-refractivity contribution is 5.72. The molecule has 0 saturated heterocycles. The fraction of sp³-hybridized carbons (Fsp3) is 0.111. The number of anilines is 1. The van der Waals surface area contributed by atoms with Crippen molar-refractivity contribution in [3.63, 3.8) is 0 Å². The third-order valence-corrected chi connectivity index (χ3v) is 3.60. The van der Waals surface area contributed by atoms with Crippen LogP contribution >= 0.6 is 0 Å². The Hall–Kier alpha value is -3.06. The van der Waals surface area contributed by atoms with E-state index in [0.717, 1.165) is 11.1 Å². The summed E-state index contributed by atoms with van der Waals surface area (Å²) in [5, 5.41) is 14.0. The number of nitrogen functional groups attached to an aromatic ring is 1. The Morgan fingerprint density at radius 1 is 1.09 bits per heavy atom. The zero-order chi connectivity index (χ0) is 15.5. The van der Waals surface area contributed by atoms with Gasteiger partial charge in [0.05, 0.1) is 6.54 Å². The minimum absolute atomic E-state index is 0.405. The molecule has 0 spiro atoms. The number of nitriles is 1. The van der Waals surface area contributed by atoms with E-state index in [4.69, 9.17) is 5.73 Å². The second-order valence-electron chi connectivity index (χ2n) is 5.23. The molecule has 108 valence electrons. The number of aryl methyl sites for hydroxylation is 1. The van der Waals surface area contributed by atoms with Crippen LogP contribution in [0, 0.1) is 18.3 Å². The molecule has 0 fully saturated rings. The summed E-state index contributed by atoms with van der Waals surface area (Å²) < 4.78 is 1.68. The van der Waals surface area contributed by atoms with E-state index >= 15 is 0 Å². The van der Waals surface area contributed by atoms with Gasteiger partial charge in [-0.3, -0.25) is 0 Å². The highest BCUT2D eigenvalue weighted by Crippen LogP contribution is 2.27. The molecule has 0 bridgehead atoms. The molecule has 2 aromatic carbocycles. The number of hydrogen-bond acceptors (Lipinski definition) is 3. The van der Waals surface area contributed by atoms with Gasteiger partial charge < -0.3 is 5.73 Å². The minimum atomic E-state index is 0.405. The number of nitrogens with two attached hydrogens (primary N) is 1. The Balaban J connectivity index is 2.03. The molecule has 4 nitrogen and oxygen atoms in total. The van der Waals surface area contributed by atoms with Gasteiger partial charge in [0.15, 0.2) is 0 Å². The Morgan fingerprint density at radius 2 is 1.77 bits per heavy atom. The van der Waals surface area contributed by atoms with Crippen molar-refractivity contribution in [1.82, 2.24) is 9.78 Å². The molecule has 0 radical (unpaired) electrons. The van der Waals surface area contributed by atoms with Crippen LogP contribution in [-0.4, -0.2) is 9.78 Å². The second-order valence-corrected chi connectivity index (χ2v) is 5.23. The van der Waals surface area contributed by atoms with Gasteiger partial charge in [0.1, 0.15) is 23.1 Å². The third kappa shape index (κ3) is 2.57. The highest BCUT2D eigenvalue weighted by Gasteiger charge is 2.16. The molecule has 0 aliphatic rings. The Labute approximate surface area is 129 Å². The summed E-state index contributed by atoms with van der Waals surface area (Å²) in [5.41, 5.74) is 10.3. The molecule has 0 aliphatic carbocycles. The molecular formula is C18H16N4. The van der Waals surface area contributed by atoms with Gasteiger partial charge in [-0.15, -0.1) is 0 Å². The quantitative estimate of drug-likeness (QED) is 0.803. The normalized spacial score (nSPS) is 10.4. The Kier molecular flexibility index (Phi) is 3.63. The van der Waals surface area contributed by atoms with Gasteiger partial charge in [-0.25, -0.2) is 4.68 Å². The van der Waals surface area contributed by atoms with E-state index in [9.17, 15) is 5.26 Å². The van der Waals surface area contributed by atoms with Crippen molar-refractivity contribution < 1.29 is 0 Å². The fourth-order valence-corrected chi connectivity index (χ4v) is 2.38. The van der Waals surface area contributed by atoms with Crippen molar-refractivity contribution in [1.29, 1.82) is 5.26 Å². The van der Waals surface area contributed by atoms with E-state index in [1.54, 1.807) is 4.68 Å². The number of aromatic nitrogens is 2. The maximum absolute atomic E-state index is 9.41. The molecule has 0 atom stereocenters. The lowest BCUT2D eigenvalue weighted by Gasteiger charge is -2.03. The first-order valence-electron chi connectivity index (χ1n) is 7.06. The molecule has 0 unspecified atom stereocenters. The topological polar surface area (TPSA) is 67.6 Å². The van der Waals surface area contributed by atoms with E-state index in [1.165, 1.54) is 5.56 Å². The summed E-state index contributed by atoms with van der Waals surface area (Å²) in [6.07, 6.45) is 0. The minimum Gasteiger partial charge on any atom is -0.383 e. The summed E-state index contributed by atoms with van der Waals surface area (Å²) in [6, 6.07) is 20.0. The SMILES string of the molecule is Cc1ccc(-c2nn(Cc3ccccc3)c(N)c2C#N)cc1. The molecule has 0 amide bonds. The van der Waals surface area contributed by atoms with E-state index in [-0.39, 0.29) is 0 Å². The number of hydrogen-bond donors (Lipinski definition) is 1. The van der Waals surface area contributed by atoms with Gasteiger partial charge in [-0.2, -0.15) is 10.4 Å². The van der Waals surface area contributed by atoms with E-state index in [1.807, 2.05) is 61.5 Å². The first kappa shape index (κ1) is 13.9. The molecule has 0 saturated carbocycles. The molecule has 1 heterocycles. The van der Waals surface area contributed by atoms with Crippen LogP contribution in [0.1, 0.15) is 16.7 Å². The monoisotopic (exact) mass is 288 g/mol. The van der Waals surface area contributed by atoms with Crippen molar-refractivity contribution >= 4 is 5.82 Å². The van der Waals surface area contributed by atoms with Gasteiger partial charge in [-0.1, -0.05) is 60.2 Å². The van der Waals surface area contributed by atoms with Gasteiger partial charge in [0.25, 0.3) is 0 Å². The Morgan fingerprint density at radius 3 is 2.41 bits per heavy atom. The summed E-state index contributed by atoms with van der Waals surface area (Å²) in [5.74, 6) is 0.405. The Bertz CT molecular complexity index is 824. The summed E-state index contributed by atoms with van der Waals surface area (Å²) in [6.45, 7) is 2.57. The second kappa shape index (κ2) is 5.74. The first-order chi connectivity index (χ1) is 10.7. The van der Waals surface area contributed by atoms with E-state index in [0.29, 0.717) is 23.6 Å². The lowest BCUT2D eigenvalue weighted by molar-refractivity contribution is 0.699. The highest BCUT2D eigenvalue weighted by atomic mass is 15.3. The van der Waals surface area contributed by atoms with Gasteiger partial charge >= 0.3 is 0 Å². The molecule has 4 heteroatoms. The molecule has 3 aromatic rings. The summed E-state index contributed by atoms with van der Waals surface area (Å²) >= 11 is 0. The van der Waals surface area contributed by atoms with Crippen molar-refractivity contribution in [2.24, 2.45) is 0 Å². The number of nitrogens with zero attached hydrogens (tertiary/aromatic N) is 3. The van der Waals surface area contributed by atoms with Crippen LogP contribution in [0.15, 0.2) is 54.6 Å². The lowest BCUT2D eigenvalue weighted by Crippen LogP contribution is -2.06. The average molecular weight is 288 g/mol. The van der Waals surface area contributed by atoms with Crippen molar-refractivity contribution in [2.75, 3.05) is 5.73 Å². The number of rotatable bonds is 3. The molecule has 2 N–H and O–H groups in total. The standard InChI is InChI=1S/C18H16N4/c1-13-7-9-15(10-8-13)17-16(11-19)18(20)22(21-17)12-14-5-3-2-4-6-14/h2-10H,12,20H2,1H3. The van der Waals surface area contributed by atoms with Crippen LogP contribution in [-0.2, 0) is 6.54 Å². The van der Waals surface area contributed by atoms with Crippen LogP contribution in [0.3, 0.4) is 0 Å². The summed E-state index contributed by atoms with van der Waals surface area (Å²) in [7, 11) is 0. The van der Waals surface area contributed by atoms with Crippen LogP contribution in [0.2, 0.25) is 0 Å². The maximum Gasteiger partial charge on any atom is 0.140 e. The number of benzene rings is 2. The molecule has 1 aromatic heterocycles. The predicted octanol–water partition coefficient (Wildman–Crippen LogP) is 3.36. The largest absolute Gasteiger partial charge is 0.383 e. The third-order valence-electron chi connectivity index (χ3n) is 3.60. The zero-order valence-electron chi connectivity index (χ0n) is 12.3. The van der Waals surface area contributed by atoms with Gasteiger partial charge in [-0.05, 0) is 12.5 Å². The maximum atomic E-state index is 9.41. The van der Waals surface area contributed by atoms with Crippen molar-refractivity contribution in [3.8, 4) is 17.3 Å². The zero-order valence-corrected chi connectivity index (χ0v) is 12.3. The van der Waals surface area contributed by atoms with Crippen LogP contribution in [0.5, 0.6) is 0 Å². The van der Waals surface area contributed by atoms with Crippen LogP contribution < -0.4 is 5.73 Å². The molecule has 22 heavy (non-hydrogen) atoms. The molecule has 3 rings (SSSR count). The predicted molar refractivity (Wildman–Crippen MR) is 87.1 cm³/mol. The average Bonchev–Trinajstić information content (AvgIpc) is 2.85. The van der Waals surface area contributed by atoms with E-state index in [2.05, 4.69) is 11.2 Å². The fourth-order valence-electron chi connectivity index (χ4n) is 2.38. The smallest absolute Gasteiger partial charge is 0.140 e. The molecule has 0 aliphatic heterocycles. The summed E-state index contributed by atoms with van der Waals surface area (Å²) in [4.78, 5) is 0. The van der Waals surface area contributed by atoms with Crippen LogP contribution in [0.4, 0.5) is 5.82 Å². The lowest BCUT2D eigenvalue weighted by atomic mass is 10.1. The van der Waals surface area contributed by atoms with Gasteiger partial charge in [0.2, 0.25) is 0 Å². The molecular weight excluding hydrogens is 272 g/mol. The van der Waals surface area contributed by atoms with E-state index < -0.39 is 0 Å². The van der Waals surface area contributed by atoms with Crippen LogP contribution in [0.25, 0.3) is 11.3 Å².